The SMILES string of the molecule is [CH2][C@H]1C[C@@H](n2ccc3c(-c4cc5ccc(Cl)cc5[nH]4)ncnc32)C[C@@H]1O. The van der Waals surface area contributed by atoms with Gasteiger partial charge in [-0.05, 0) is 49.9 Å². The van der Waals surface area contributed by atoms with Gasteiger partial charge < -0.3 is 14.7 Å². The van der Waals surface area contributed by atoms with Gasteiger partial charge in [0, 0.05) is 33.6 Å². The Hall–Kier alpha value is -2.37. The molecule has 1 aromatic carbocycles. The molecule has 3 atom stereocenters. The molecule has 1 aliphatic rings. The molecule has 1 aliphatic carbocycles. The summed E-state index contributed by atoms with van der Waals surface area (Å²) in [5.74, 6) is 0.0669. The molecule has 0 amide bonds. The second kappa shape index (κ2) is 5.83. The van der Waals surface area contributed by atoms with E-state index in [1.807, 2.05) is 30.5 Å². The van der Waals surface area contributed by atoms with Crippen LogP contribution in [0.5, 0.6) is 0 Å². The minimum Gasteiger partial charge on any atom is -0.393 e. The van der Waals surface area contributed by atoms with Gasteiger partial charge in [0.05, 0.1) is 17.5 Å². The van der Waals surface area contributed by atoms with Crippen LogP contribution in [0.2, 0.25) is 5.02 Å². The van der Waals surface area contributed by atoms with Crippen molar-refractivity contribution in [2.75, 3.05) is 0 Å². The zero-order chi connectivity index (χ0) is 17.8. The molecule has 0 aliphatic heterocycles. The summed E-state index contributed by atoms with van der Waals surface area (Å²) in [7, 11) is 0. The lowest BCUT2D eigenvalue weighted by atomic mass is 10.1. The summed E-state index contributed by atoms with van der Waals surface area (Å²) in [5.41, 5.74) is 3.68. The van der Waals surface area contributed by atoms with E-state index in [2.05, 4.69) is 32.5 Å². The van der Waals surface area contributed by atoms with Gasteiger partial charge in [-0.15, -0.1) is 0 Å². The van der Waals surface area contributed by atoms with Gasteiger partial charge in [0.15, 0.2) is 0 Å². The fourth-order valence-corrected chi connectivity index (χ4v) is 4.18. The molecule has 1 fully saturated rings. The summed E-state index contributed by atoms with van der Waals surface area (Å²) in [6.45, 7) is 4.04. The number of H-pyrrole nitrogens is 1. The lowest BCUT2D eigenvalue weighted by molar-refractivity contribution is 0.149. The van der Waals surface area contributed by atoms with Crippen LogP contribution < -0.4 is 0 Å². The fraction of sp³-hybridized carbons (Fsp3) is 0.250. The van der Waals surface area contributed by atoms with Crippen LogP contribution in [0.1, 0.15) is 18.9 Å². The van der Waals surface area contributed by atoms with Crippen LogP contribution in [0.25, 0.3) is 33.3 Å². The molecular formula is C20H18ClN4O. The van der Waals surface area contributed by atoms with Crippen LogP contribution >= 0.6 is 11.6 Å². The van der Waals surface area contributed by atoms with Crippen LogP contribution in [0.3, 0.4) is 0 Å². The number of fused-ring (bicyclic) bond motifs is 2. The Kier molecular flexibility index (Phi) is 3.55. The highest BCUT2D eigenvalue weighted by atomic mass is 35.5. The first-order valence-electron chi connectivity index (χ1n) is 8.71. The third-order valence-electron chi connectivity index (χ3n) is 5.37. The standard InChI is InChI=1S/C20H18ClN4O/c1-11-6-14(9-18(11)26)25-5-4-15-19(22-10-23-20(15)25)17-7-12-2-3-13(21)8-16(12)24-17/h2-5,7-8,10-11,14,18,24,26H,1,6,9H2/t11-,14+,18-/m0/s1. The van der Waals surface area contributed by atoms with Crippen molar-refractivity contribution in [2.45, 2.75) is 25.0 Å². The van der Waals surface area contributed by atoms with E-state index in [4.69, 9.17) is 11.6 Å². The van der Waals surface area contributed by atoms with Gasteiger partial charge in [-0.2, -0.15) is 0 Å². The Morgan fingerprint density at radius 3 is 2.88 bits per heavy atom. The zero-order valence-corrected chi connectivity index (χ0v) is 14.8. The van der Waals surface area contributed by atoms with E-state index in [0.717, 1.165) is 39.7 Å². The average Bonchev–Trinajstić information content (AvgIpc) is 3.31. The van der Waals surface area contributed by atoms with E-state index in [1.54, 1.807) is 6.33 Å². The molecule has 0 spiro atoms. The maximum Gasteiger partial charge on any atom is 0.144 e. The van der Waals surface area contributed by atoms with Crippen LogP contribution in [-0.4, -0.2) is 30.7 Å². The maximum atomic E-state index is 10.1. The molecule has 6 heteroatoms. The van der Waals surface area contributed by atoms with Crippen molar-refractivity contribution < 1.29 is 5.11 Å². The smallest absolute Gasteiger partial charge is 0.144 e. The van der Waals surface area contributed by atoms with Gasteiger partial charge >= 0.3 is 0 Å². The molecule has 131 valence electrons. The molecular weight excluding hydrogens is 348 g/mol. The molecule has 3 heterocycles. The van der Waals surface area contributed by atoms with Crippen LogP contribution in [0.15, 0.2) is 42.9 Å². The van der Waals surface area contributed by atoms with Gasteiger partial charge in [-0.1, -0.05) is 17.7 Å². The third-order valence-corrected chi connectivity index (χ3v) is 5.61. The maximum absolute atomic E-state index is 10.1. The highest BCUT2D eigenvalue weighted by Gasteiger charge is 2.31. The largest absolute Gasteiger partial charge is 0.393 e. The van der Waals surface area contributed by atoms with E-state index in [-0.39, 0.29) is 18.1 Å². The molecule has 0 unspecified atom stereocenters. The Bertz CT molecular complexity index is 1110. The van der Waals surface area contributed by atoms with E-state index in [9.17, 15) is 5.11 Å². The first kappa shape index (κ1) is 15.9. The lowest BCUT2D eigenvalue weighted by Gasteiger charge is -2.13. The number of nitrogens with zero attached hydrogens (tertiary/aromatic N) is 3. The molecule has 1 radical (unpaired) electrons. The average molecular weight is 366 g/mol. The molecule has 26 heavy (non-hydrogen) atoms. The molecule has 4 aromatic rings. The van der Waals surface area contributed by atoms with Crippen LogP contribution in [0, 0.1) is 12.8 Å². The number of rotatable bonds is 2. The van der Waals surface area contributed by atoms with Gasteiger partial charge in [0.25, 0.3) is 0 Å². The quantitative estimate of drug-likeness (QED) is 0.554. The molecule has 0 bridgehead atoms. The molecule has 5 nitrogen and oxygen atoms in total. The fourth-order valence-electron chi connectivity index (χ4n) is 4.01. The molecule has 0 saturated heterocycles. The number of benzene rings is 1. The Labute approximate surface area is 155 Å². The van der Waals surface area contributed by atoms with Crippen molar-refractivity contribution >= 4 is 33.5 Å². The predicted octanol–water partition coefficient (Wildman–Crippen LogP) is 4.38. The van der Waals surface area contributed by atoms with Crippen molar-refractivity contribution in [3.05, 3.63) is 54.8 Å². The number of aliphatic hydroxyl groups excluding tert-OH is 1. The number of hydrogen-bond donors (Lipinski definition) is 2. The first-order valence-corrected chi connectivity index (χ1v) is 9.09. The predicted molar refractivity (Wildman–Crippen MR) is 103 cm³/mol. The number of hydrogen-bond acceptors (Lipinski definition) is 3. The van der Waals surface area contributed by atoms with E-state index in [0.29, 0.717) is 11.4 Å². The number of halogens is 1. The molecule has 5 rings (SSSR count). The Balaban J connectivity index is 1.62. The second-order valence-electron chi connectivity index (χ2n) is 7.05. The molecule has 3 aromatic heterocycles. The molecule has 2 N–H and O–H groups in total. The van der Waals surface area contributed by atoms with Gasteiger partial charge in [-0.3, -0.25) is 0 Å². The number of aromatic amines is 1. The van der Waals surface area contributed by atoms with E-state index >= 15 is 0 Å². The summed E-state index contributed by atoms with van der Waals surface area (Å²) >= 11 is 6.09. The lowest BCUT2D eigenvalue weighted by Crippen LogP contribution is -2.09. The minimum absolute atomic E-state index is 0.0669. The summed E-state index contributed by atoms with van der Waals surface area (Å²) in [6, 6.07) is 10.1. The summed E-state index contributed by atoms with van der Waals surface area (Å²) in [5, 5.41) is 12.8. The highest BCUT2D eigenvalue weighted by molar-refractivity contribution is 6.31. The van der Waals surface area contributed by atoms with Gasteiger partial charge in [0.2, 0.25) is 0 Å². The normalized spacial score (nSPS) is 23.3. The summed E-state index contributed by atoms with van der Waals surface area (Å²) < 4.78 is 2.15. The minimum atomic E-state index is -0.350. The third kappa shape index (κ3) is 2.42. The zero-order valence-electron chi connectivity index (χ0n) is 14.1. The van der Waals surface area contributed by atoms with Gasteiger partial charge in [-0.25, -0.2) is 9.97 Å². The van der Waals surface area contributed by atoms with E-state index in [1.165, 1.54) is 0 Å². The van der Waals surface area contributed by atoms with Crippen molar-refractivity contribution in [3.8, 4) is 11.4 Å². The van der Waals surface area contributed by atoms with Crippen molar-refractivity contribution in [3.63, 3.8) is 0 Å². The second-order valence-corrected chi connectivity index (χ2v) is 7.49. The number of nitrogens with one attached hydrogen (secondary N) is 1. The number of aliphatic hydroxyl groups is 1. The first-order chi connectivity index (χ1) is 12.6. The topological polar surface area (TPSA) is 66.7 Å². The van der Waals surface area contributed by atoms with E-state index < -0.39 is 0 Å². The monoisotopic (exact) mass is 365 g/mol. The molecule has 1 saturated carbocycles. The van der Waals surface area contributed by atoms with Crippen LogP contribution in [0.4, 0.5) is 0 Å². The highest BCUT2D eigenvalue weighted by Crippen LogP contribution is 2.37. The summed E-state index contributed by atoms with van der Waals surface area (Å²) in [4.78, 5) is 12.4. The van der Waals surface area contributed by atoms with Crippen molar-refractivity contribution in [1.82, 2.24) is 19.5 Å². The summed E-state index contributed by atoms with van der Waals surface area (Å²) in [6.07, 6.45) is 4.85. The van der Waals surface area contributed by atoms with Gasteiger partial charge in [0.1, 0.15) is 12.0 Å². The van der Waals surface area contributed by atoms with Crippen LogP contribution in [-0.2, 0) is 0 Å². The van der Waals surface area contributed by atoms with Crippen molar-refractivity contribution in [2.24, 2.45) is 5.92 Å². The Morgan fingerprint density at radius 2 is 2.08 bits per heavy atom. The van der Waals surface area contributed by atoms with Crippen molar-refractivity contribution in [1.29, 1.82) is 0 Å². The number of aromatic nitrogens is 4. The Morgan fingerprint density at radius 1 is 1.19 bits per heavy atom.